The molecule has 0 aliphatic rings. The van der Waals surface area contributed by atoms with Crippen LogP contribution in [0.2, 0.25) is 0 Å². The maximum atomic E-state index is 7.09. The van der Waals surface area contributed by atoms with Crippen LogP contribution in [0.5, 0.6) is 0 Å². The second-order valence-corrected chi connectivity index (χ2v) is 13.5. The highest BCUT2D eigenvalue weighted by Crippen LogP contribution is 2.45. The second-order valence-electron chi connectivity index (χ2n) is 13.5. The van der Waals surface area contributed by atoms with Gasteiger partial charge in [0.2, 0.25) is 0 Å². The Morgan fingerprint density at radius 1 is 0.255 bits per heavy atom. The molecule has 2 aromatic heterocycles. The van der Waals surface area contributed by atoms with Crippen LogP contribution in [0, 0.1) is 0 Å². The van der Waals surface area contributed by atoms with E-state index in [1.54, 1.807) is 0 Å². The zero-order valence-electron chi connectivity index (χ0n) is 29.8. The molecular weight excluding hydrogens is 671 g/mol. The predicted molar refractivity (Wildman–Crippen MR) is 225 cm³/mol. The van der Waals surface area contributed by atoms with Crippen molar-refractivity contribution >= 4 is 21.9 Å². The summed E-state index contributed by atoms with van der Waals surface area (Å²) < 4.78 is 7.09. The maximum Gasteiger partial charge on any atom is 0.164 e. The van der Waals surface area contributed by atoms with E-state index in [1.807, 2.05) is 48.5 Å². The highest BCUT2D eigenvalue weighted by atomic mass is 16.3. The first kappa shape index (κ1) is 32.2. The molecule has 0 saturated carbocycles. The first-order chi connectivity index (χ1) is 27.3. The molecular formula is C51H33N3O. The van der Waals surface area contributed by atoms with Gasteiger partial charge in [0.1, 0.15) is 11.2 Å². The van der Waals surface area contributed by atoms with Gasteiger partial charge < -0.3 is 4.42 Å². The van der Waals surface area contributed by atoms with Gasteiger partial charge >= 0.3 is 0 Å². The Morgan fingerprint density at radius 2 is 0.691 bits per heavy atom. The molecule has 0 N–H and O–H groups in total. The zero-order chi connectivity index (χ0) is 36.6. The predicted octanol–water partition coefficient (Wildman–Crippen LogP) is 13.4. The van der Waals surface area contributed by atoms with Crippen LogP contribution in [-0.4, -0.2) is 15.0 Å². The average molecular weight is 704 g/mol. The molecule has 0 radical (unpaired) electrons. The van der Waals surface area contributed by atoms with Gasteiger partial charge in [-0.2, -0.15) is 0 Å². The first-order valence-corrected chi connectivity index (χ1v) is 18.4. The number of furan rings is 1. The average Bonchev–Trinajstić information content (AvgIpc) is 3.67. The zero-order valence-corrected chi connectivity index (χ0v) is 29.8. The summed E-state index contributed by atoms with van der Waals surface area (Å²) in [5, 5.41) is 1.96. The van der Waals surface area contributed by atoms with Gasteiger partial charge in [0.15, 0.2) is 17.5 Å². The first-order valence-electron chi connectivity index (χ1n) is 18.4. The normalized spacial score (nSPS) is 11.3. The van der Waals surface area contributed by atoms with Crippen LogP contribution in [0.15, 0.2) is 205 Å². The third-order valence-corrected chi connectivity index (χ3v) is 10.2. The third kappa shape index (κ3) is 5.96. The lowest BCUT2D eigenvalue weighted by Gasteiger charge is -2.13. The van der Waals surface area contributed by atoms with Crippen molar-refractivity contribution in [3.8, 4) is 78.7 Å². The Kier molecular flexibility index (Phi) is 8.12. The minimum absolute atomic E-state index is 0.580. The lowest BCUT2D eigenvalue weighted by atomic mass is 9.92. The SMILES string of the molecule is c1ccc(-c2ccc(-c3nc(-c4ccccc4)nc(-c4ccc(-c5ccccc5-c5ccccc5)c5oc6c(-c7ccccc7)cccc6c45)n3)cc2)cc1. The standard InChI is InChI=1S/C51H33N3O/c1-5-16-34(17-6-1)35-28-30-39(31-29-35)50-52-49(38-22-11-4-12-23-38)53-51(54-50)45-33-32-43(42-25-14-13-24-40(42)36-18-7-2-8-19-36)48-46(45)44-27-15-26-41(47(44)55-48)37-20-9-3-10-21-37/h1-33H. The molecule has 10 aromatic rings. The monoisotopic (exact) mass is 703 g/mol. The van der Waals surface area contributed by atoms with Crippen molar-refractivity contribution in [2.24, 2.45) is 0 Å². The molecule has 0 unspecified atom stereocenters. The minimum Gasteiger partial charge on any atom is -0.455 e. The number of nitrogens with zero attached hydrogens (tertiary/aromatic N) is 3. The lowest BCUT2D eigenvalue weighted by Crippen LogP contribution is -2.00. The highest BCUT2D eigenvalue weighted by molar-refractivity contribution is 6.18. The summed E-state index contributed by atoms with van der Waals surface area (Å²) in [4.78, 5) is 15.5. The van der Waals surface area contributed by atoms with Crippen LogP contribution < -0.4 is 0 Å². The molecule has 0 bridgehead atoms. The van der Waals surface area contributed by atoms with Crippen molar-refractivity contribution in [3.05, 3.63) is 200 Å². The number of hydrogen-bond acceptors (Lipinski definition) is 4. The Balaban J connectivity index is 1.23. The van der Waals surface area contributed by atoms with Crippen molar-refractivity contribution in [3.63, 3.8) is 0 Å². The molecule has 0 saturated heterocycles. The largest absolute Gasteiger partial charge is 0.455 e. The fraction of sp³-hybridized carbons (Fsp3) is 0. The number of para-hydroxylation sites is 1. The molecule has 10 rings (SSSR count). The Bertz CT molecular complexity index is 2940. The van der Waals surface area contributed by atoms with Gasteiger partial charge in [0, 0.05) is 38.6 Å². The molecule has 4 nitrogen and oxygen atoms in total. The molecule has 55 heavy (non-hydrogen) atoms. The van der Waals surface area contributed by atoms with Gasteiger partial charge in [-0.05, 0) is 45.5 Å². The summed E-state index contributed by atoms with van der Waals surface area (Å²) in [7, 11) is 0. The number of hydrogen-bond donors (Lipinski definition) is 0. The van der Waals surface area contributed by atoms with Crippen molar-refractivity contribution < 1.29 is 4.42 Å². The molecule has 2 heterocycles. The fourth-order valence-corrected chi connectivity index (χ4v) is 7.52. The van der Waals surface area contributed by atoms with Gasteiger partial charge in [-0.3, -0.25) is 0 Å². The summed E-state index contributed by atoms with van der Waals surface area (Å²) in [6, 6.07) is 69.1. The van der Waals surface area contributed by atoms with E-state index >= 15 is 0 Å². The number of fused-ring (bicyclic) bond motifs is 3. The van der Waals surface area contributed by atoms with E-state index in [1.165, 1.54) is 0 Å². The lowest BCUT2D eigenvalue weighted by molar-refractivity contribution is 0.671. The second kappa shape index (κ2) is 13.8. The summed E-state index contributed by atoms with van der Waals surface area (Å²) in [5.41, 5.74) is 13.1. The highest BCUT2D eigenvalue weighted by Gasteiger charge is 2.23. The van der Waals surface area contributed by atoms with Gasteiger partial charge in [-0.15, -0.1) is 0 Å². The topological polar surface area (TPSA) is 51.8 Å². The van der Waals surface area contributed by atoms with E-state index in [2.05, 4.69) is 152 Å². The van der Waals surface area contributed by atoms with Crippen LogP contribution in [-0.2, 0) is 0 Å². The van der Waals surface area contributed by atoms with Crippen LogP contribution in [0.4, 0.5) is 0 Å². The van der Waals surface area contributed by atoms with Crippen LogP contribution in [0.25, 0.3) is 101 Å². The van der Waals surface area contributed by atoms with Crippen molar-refractivity contribution in [2.75, 3.05) is 0 Å². The van der Waals surface area contributed by atoms with E-state index in [0.717, 1.165) is 83.1 Å². The number of rotatable bonds is 7. The van der Waals surface area contributed by atoms with Crippen LogP contribution in [0.3, 0.4) is 0 Å². The number of aromatic nitrogens is 3. The van der Waals surface area contributed by atoms with E-state index in [9.17, 15) is 0 Å². The van der Waals surface area contributed by atoms with Gasteiger partial charge in [0.25, 0.3) is 0 Å². The molecule has 4 heteroatoms. The summed E-state index contributed by atoms with van der Waals surface area (Å²) >= 11 is 0. The maximum absolute atomic E-state index is 7.09. The molecule has 0 atom stereocenters. The molecule has 0 amide bonds. The minimum atomic E-state index is 0.580. The fourth-order valence-electron chi connectivity index (χ4n) is 7.52. The van der Waals surface area contributed by atoms with Crippen molar-refractivity contribution in [1.82, 2.24) is 15.0 Å². The van der Waals surface area contributed by atoms with E-state index in [4.69, 9.17) is 19.4 Å². The summed E-state index contributed by atoms with van der Waals surface area (Å²) in [6.45, 7) is 0. The summed E-state index contributed by atoms with van der Waals surface area (Å²) in [5.74, 6) is 1.79. The van der Waals surface area contributed by atoms with Crippen LogP contribution in [0.1, 0.15) is 0 Å². The third-order valence-electron chi connectivity index (χ3n) is 10.2. The molecule has 0 spiro atoms. The molecule has 0 aliphatic heterocycles. The quantitative estimate of drug-likeness (QED) is 0.166. The summed E-state index contributed by atoms with van der Waals surface area (Å²) in [6.07, 6.45) is 0. The van der Waals surface area contributed by atoms with E-state index in [0.29, 0.717) is 17.5 Å². The van der Waals surface area contributed by atoms with Crippen molar-refractivity contribution in [2.45, 2.75) is 0 Å². The van der Waals surface area contributed by atoms with Gasteiger partial charge in [-0.25, -0.2) is 15.0 Å². The van der Waals surface area contributed by atoms with E-state index in [-0.39, 0.29) is 0 Å². The molecule has 258 valence electrons. The van der Waals surface area contributed by atoms with Gasteiger partial charge in [0.05, 0.1) is 0 Å². The van der Waals surface area contributed by atoms with Crippen LogP contribution >= 0.6 is 0 Å². The molecule has 8 aromatic carbocycles. The Labute approximate surface area is 319 Å². The molecule has 0 aliphatic carbocycles. The Morgan fingerprint density at radius 3 is 1.33 bits per heavy atom. The Hall–Kier alpha value is -7.43. The van der Waals surface area contributed by atoms with Gasteiger partial charge in [-0.1, -0.05) is 188 Å². The van der Waals surface area contributed by atoms with Crippen molar-refractivity contribution in [1.29, 1.82) is 0 Å². The molecule has 0 fully saturated rings. The van der Waals surface area contributed by atoms with E-state index < -0.39 is 0 Å². The smallest absolute Gasteiger partial charge is 0.164 e. The number of benzene rings is 8.